The molecule has 0 aliphatic heterocycles. The van der Waals surface area contributed by atoms with Gasteiger partial charge in [0, 0.05) is 31.7 Å². The molecule has 28 heavy (non-hydrogen) atoms. The van der Waals surface area contributed by atoms with Gasteiger partial charge < -0.3 is 0 Å². The van der Waals surface area contributed by atoms with Crippen molar-refractivity contribution >= 4 is 22.7 Å². The van der Waals surface area contributed by atoms with E-state index in [9.17, 15) is 17.6 Å². The van der Waals surface area contributed by atoms with E-state index in [4.69, 9.17) is 0 Å². The van der Waals surface area contributed by atoms with Gasteiger partial charge in [0.2, 0.25) is 10.3 Å². The summed E-state index contributed by atoms with van der Waals surface area (Å²) in [5.41, 5.74) is 4.71. The lowest BCUT2D eigenvalue weighted by Gasteiger charge is -2.29. The fourth-order valence-corrected chi connectivity index (χ4v) is 7.97. The van der Waals surface area contributed by atoms with Gasteiger partial charge in [-0.2, -0.15) is 8.78 Å². The van der Waals surface area contributed by atoms with Gasteiger partial charge in [-0.3, -0.25) is 0 Å². The lowest BCUT2D eigenvalue weighted by molar-refractivity contribution is 0.498. The van der Waals surface area contributed by atoms with E-state index < -0.39 is 32.7 Å². The Morgan fingerprint density at radius 3 is 1.21 bits per heavy atom. The SMILES string of the molecule is Cc1c2c(c(C)c3c1C(C)(C)c1c-3sc(F)c1F)C(C)(C)c1c-2sc(F)c1F. The summed E-state index contributed by atoms with van der Waals surface area (Å²) < 4.78 is 57.6. The van der Waals surface area contributed by atoms with Gasteiger partial charge in [0.1, 0.15) is 0 Å². The molecule has 0 saturated heterocycles. The molecule has 0 amide bonds. The van der Waals surface area contributed by atoms with Crippen LogP contribution in [0.4, 0.5) is 17.6 Å². The zero-order valence-corrected chi connectivity index (χ0v) is 18.0. The van der Waals surface area contributed by atoms with Crippen LogP contribution in [0.1, 0.15) is 61.1 Å². The van der Waals surface area contributed by atoms with Crippen LogP contribution < -0.4 is 0 Å². The zero-order chi connectivity index (χ0) is 20.5. The van der Waals surface area contributed by atoms with Crippen molar-refractivity contribution in [1.29, 1.82) is 0 Å². The van der Waals surface area contributed by atoms with Crippen LogP contribution in [0.5, 0.6) is 0 Å². The first-order chi connectivity index (χ1) is 12.9. The fourth-order valence-electron chi connectivity index (χ4n) is 5.62. The average Bonchev–Trinajstić information content (AvgIpc) is 3.19. The Hall–Kier alpha value is -1.66. The minimum atomic E-state index is -0.798. The molecule has 2 aliphatic rings. The maximum atomic E-state index is 14.7. The highest BCUT2D eigenvalue weighted by Crippen LogP contribution is 2.63. The smallest absolute Gasteiger partial charge is 0.202 e. The molecule has 0 unspecified atom stereocenters. The molecule has 1 aromatic carbocycles. The molecule has 2 aromatic heterocycles. The third-order valence-electron chi connectivity index (χ3n) is 6.58. The zero-order valence-electron chi connectivity index (χ0n) is 16.3. The van der Waals surface area contributed by atoms with Crippen LogP contribution in [0.3, 0.4) is 0 Å². The van der Waals surface area contributed by atoms with Crippen molar-refractivity contribution in [1.82, 2.24) is 0 Å². The predicted molar refractivity (Wildman–Crippen MR) is 107 cm³/mol. The second-order valence-electron chi connectivity index (χ2n) is 8.79. The summed E-state index contributed by atoms with van der Waals surface area (Å²) in [6.45, 7) is 11.4. The first kappa shape index (κ1) is 18.4. The molecule has 2 aliphatic carbocycles. The second-order valence-corrected chi connectivity index (χ2v) is 10.7. The molecule has 0 saturated carbocycles. The van der Waals surface area contributed by atoms with E-state index in [1.165, 1.54) is 0 Å². The Balaban J connectivity index is 1.98. The molecule has 6 heteroatoms. The van der Waals surface area contributed by atoms with E-state index in [0.29, 0.717) is 20.9 Å². The van der Waals surface area contributed by atoms with Gasteiger partial charge in [-0.15, -0.1) is 22.7 Å². The molecule has 0 radical (unpaired) electrons. The van der Waals surface area contributed by atoms with Crippen molar-refractivity contribution in [2.24, 2.45) is 0 Å². The van der Waals surface area contributed by atoms with Gasteiger partial charge in [0.15, 0.2) is 11.6 Å². The maximum Gasteiger partial charge on any atom is 0.213 e. The molecule has 2 heterocycles. The number of halogens is 4. The lowest BCUT2D eigenvalue weighted by Crippen LogP contribution is -2.21. The Morgan fingerprint density at radius 1 is 0.571 bits per heavy atom. The minimum Gasteiger partial charge on any atom is -0.202 e. The van der Waals surface area contributed by atoms with Crippen LogP contribution in [0.25, 0.3) is 20.9 Å². The second kappa shape index (κ2) is 5.08. The Morgan fingerprint density at radius 2 is 0.893 bits per heavy atom. The van der Waals surface area contributed by atoms with Crippen molar-refractivity contribution < 1.29 is 17.6 Å². The summed E-state index contributed by atoms with van der Waals surface area (Å²) in [7, 11) is 0. The van der Waals surface area contributed by atoms with E-state index in [0.717, 1.165) is 56.1 Å². The van der Waals surface area contributed by atoms with Crippen LogP contribution in [0, 0.1) is 35.7 Å². The predicted octanol–water partition coefficient (Wildman–Crippen LogP) is 7.60. The maximum absolute atomic E-state index is 14.7. The van der Waals surface area contributed by atoms with E-state index in [2.05, 4.69) is 0 Å². The fraction of sp³-hybridized carbons (Fsp3) is 0.364. The van der Waals surface area contributed by atoms with Crippen LogP contribution in [-0.2, 0) is 10.8 Å². The Kier molecular flexibility index (Phi) is 3.34. The molecule has 0 bridgehead atoms. The van der Waals surface area contributed by atoms with Gasteiger partial charge in [0.05, 0.1) is 0 Å². The lowest BCUT2D eigenvalue weighted by atomic mass is 9.74. The molecule has 0 fully saturated rings. The first-order valence-corrected chi connectivity index (χ1v) is 10.7. The van der Waals surface area contributed by atoms with Crippen molar-refractivity contribution in [3.63, 3.8) is 0 Å². The summed E-state index contributed by atoms with van der Waals surface area (Å²) in [6.07, 6.45) is 0. The Bertz CT molecular complexity index is 1130. The Labute approximate surface area is 168 Å². The number of rotatable bonds is 0. The van der Waals surface area contributed by atoms with Gasteiger partial charge in [-0.25, -0.2) is 8.78 Å². The molecule has 3 aromatic rings. The summed E-state index contributed by atoms with van der Waals surface area (Å²) in [4.78, 5) is 1.24. The summed E-state index contributed by atoms with van der Waals surface area (Å²) >= 11 is 1.67. The number of hydrogen-bond acceptors (Lipinski definition) is 2. The quantitative estimate of drug-likeness (QED) is 0.327. The first-order valence-electron chi connectivity index (χ1n) is 9.07. The van der Waals surface area contributed by atoms with Crippen LogP contribution in [0.2, 0.25) is 0 Å². The van der Waals surface area contributed by atoms with Crippen molar-refractivity contribution in [2.45, 2.75) is 52.4 Å². The molecule has 0 atom stereocenters. The standard InChI is InChI=1S/C22H18F4S2/c1-7-9-12(22(5,6)13-15(23)19(25)27-17(9)13)8(2)10-11(7)21(3,4)14-16(24)20(26)28-18(10)14/h1-6H3. The van der Waals surface area contributed by atoms with Crippen LogP contribution in [-0.4, -0.2) is 0 Å². The van der Waals surface area contributed by atoms with Crippen LogP contribution in [0.15, 0.2) is 0 Å². The largest absolute Gasteiger partial charge is 0.213 e. The van der Waals surface area contributed by atoms with Gasteiger partial charge in [0.25, 0.3) is 0 Å². The van der Waals surface area contributed by atoms with Gasteiger partial charge in [-0.1, -0.05) is 27.7 Å². The highest BCUT2D eigenvalue weighted by molar-refractivity contribution is 7.14. The summed E-state index contributed by atoms with van der Waals surface area (Å²) in [6, 6.07) is 0. The highest BCUT2D eigenvalue weighted by Gasteiger charge is 2.49. The third kappa shape index (κ3) is 1.78. The van der Waals surface area contributed by atoms with Crippen molar-refractivity contribution in [3.8, 4) is 20.9 Å². The molecule has 0 N–H and O–H groups in total. The number of thiophene rings is 2. The van der Waals surface area contributed by atoms with E-state index in [-0.39, 0.29) is 0 Å². The minimum absolute atomic E-state index is 0.390. The summed E-state index contributed by atoms with van der Waals surface area (Å²) in [5.74, 6) is -1.57. The molecule has 0 nitrogen and oxygen atoms in total. The molecule has 0 spiro atoms. The van der Waals surface area contributed by atoms with E-state index >= 15 is 0 Å². The van der Waals surface area contributed by atoms with Gasteiger partial charge in [-0.05, 0) is 47.2 Å². The molecule has 146 valence electrons. The molecular formula is C22H18F4S2. The average molecular weight is 423 g/mol. The third-order valence-corrected chi connectivity index (χ3v) is 8.52. The number of fused-ring (bicyclic) bond motifs is 6. The summed E-state index contributed by atoms with van der Waals surface area (Å²) in [5, 5.41) is -1.60. The van der Waals surface area contributed by atoms with Crippen LogP contribution >= 0.6 is 22.7 Å². The van der Waals surface area contributed by atoms with Gasteiger partial charge >= 0.3 is 0 Å². The normalized spacial score (nSPS) is 17.5. The van der Waals surface area contributed by atoms with E-state index in [1.807, 2.05) is 41.5 Å². The number of benzene rings is 1. The topological polar surface area (TPSA) is 0 Å². The molecular weight excluding hydrogens is 404 g/mol. The van der Waals surface area contributed by atoms with Crippen molar-refractivity contribution in [3.05, 3.63) is 55.3 Å². The van der Waals surface area contributed by atoms with Crippen molar-refractivity contribution in [2.75, 3.05) is 0 Å². The number of hydrogen-bond donors (Lipinski definition) is 0. The monoisotopic (exact) mass is 422 g/mol. The molecule has 5 rings (SSSR count). The highest BCUT2D eigenvalue weighted by atomic mass is 32.1. The van der Waals surface area contributed by atoms with E-state index in [1.54, 1.807) is 0 Å².